The van der Waals surface area contributed by atoms with Gasteiger partial charge in [-0.25, -0.2) is 9.79 Å². The molecular weight excluding hydrogens is 870 g/mol. The molecule has 0 bridgehead atoms. The van der Waals surface area contributed by atoms with Crippen LogP contribution in [0.15, 0.2) is 106 Å². The van der Waals surface area contributed by atoms with Gasteiger partial charge >= 0.3 is 5.97 Å². The lowest BCUT2D eigenvalue weighted by Crippen LogP contribution is -2.40. The van der Waals surface area contributed by atoms with E-state index in [1.165, 1.54) is 16.9 Å². The third-order valence-corrected chi connectivity index (χ3v) is 10.7. The van der Waals surface area contributed by atoms with E-state index >= 15 is 0 Å². The van der Waals surface area contributed by atoms with Crippen LogP contribution >= 0.6 is 68.1 Å². The van der Waals surface area contributed by atoms with Crippen molar-refractivity contribution in [3.8, 4) is 5.75 Å². The lowest BCUT2D eigenvalue weighted by Gasteiger charge is -2.26. The molecule has 0 aliphatic carbocycles. The number of ether oxygens (including phenoxy) is 2. The van der Waals surface area contributed by atoms with E-state index in [1.54, 1.807) is 11.5 Å². The summed E-state index contributed by atoms with van der Waals surface area (Å²) in [6, 6.07) is 28.6. The van der Waals surface area contributed by atoms with Gasteiger partial charge in [-0.15, -0.1) is 0 Å². The molecule has 6 rings (SSSR count). The third kappa shape index (κ3) is 7.34. The van der Waals surface area contributed by atoms with Gasteiger partial charge in [-0.05, 0) is 111 Å². The second-order valence-electron chi connectivity index (χ2n) is 11.5. The summed E-state index contributed by atoms with van der Waals surface area (Å²) >= 11 is 11.9. The Bertz CT molecular complexity index is 2170. The predicted molar refractivity (Wildman–Crippen MR) is 209 cm³/mol. The molecule has 0 radical (unpaired) electrons. The Morgan fingerprint density at radius 2 is 1.67 bits per heavy atom. The van der Waals surface area contributed by atoms with E-state index in [9.17, 15) is 9.59 Å². The molecule has 1 atom stereocenters. The second-order valence-corrected chi connectivity index (χ2v) is 15.3. The Morgan fingerprint density at radius 3 is 2.29 bits per heavy atom. The summed E-state index contributed by atoms with van der Waals surface area (Å²) in [4.78, 5) is 33.6. The minimum absolute atomic E-state index is 0.199. The van der Waals surface area contributed by atoms with Crippen molar-refractivity contribution in [3.05, 3.63) is 156 Å². The summed E-state index contributed by atoms with van der Waals surface area (Å²) in [5.74, 6) is 0.618. The summed E-state index contributed by atoms with van der Waals surface area (Å²) < 4.78 is 15.8. The highest BCUT2D eigenvalue weighted by molar-refractivity contribution is 14.1. The lowest BCUT2D eigenvalue weighted by atomic mass is 9.91. The van der Waals surface area contributed by atoms with Gasteiger partial charge in [-0.2, -0.15) is 0 Å². The first-order chi connectivity index (χ1) is 23.1. The fraction of sp³-hybridized carbons (Fsp3) is 0.184. The first-order valence-electron chi connectivity index (χ1n) is 15.4. The number of thiazole rings is 1. The van der Waals surface area contributed by atoms with Crippen LogP contribution < -0.4 is 19.6 Å². The van der Waals surface area contributed by atoms with Gasteiger partial charge in [-0.3, -0.25) is 9.36 Å². The van der Waals surface area contributed by atoms with Gasteiger partial charge in [-0.1, -0.05) is 104 Å². The molecule has 6 nitrogen and oxygen atoms in total. The van der Waals surface area contributed by atoms with Crippen molar-refractivity contribution in [3.63, 3.8) is 0 Å². The zero-order valence-corrected chi connectivity index (χ0v) is 32.3. The van der Waals surface area contributed by atoms with Crippen LogP contribution in [0.25, 0.3) is 11.8 Å². The number of carbonyl (C=O) groups is 1. The van der Waals surface area contributed by atoms with Crippen LogP contribution in [-0.2, 0) is 16.1 Å². The maximum Gasteiger partial charge on any atom is 0.338 e. The van der Waals surface area contributed by atoms with Gasteiger partial charge in [0.1, 0.15) is 12.4 Å². The van der Waals surface area contributed by atoms with Gasteiger partial charge < -0.3 is 9.47 Å². The molecule has 10 heteroatoms. The molecule has 1 aromatic heterocycles. The quantitative estimate of drug-likeness (QED) is 0.110. The van der Waals surface area contributed by atoms with E-state index in [0.29, 0.717) is 38.2 Å². The normalized spacial score (nSPS) is 14.6. The van der Waals surface area contributed by atoms with Crippen molar-refractivity contribution >= 4 is 85.9 Å². The SMILES string of the molecule is CCOC(=O)C1=C(c2ccccc2)N=c2s/c(=C\c3cc(I)c(OCc4ccc(Cl)cc4)c(I)c3)c(=O)n2[C@@H]1c1ccc(C(C)C)cc1. The second kappa shape index (κ2) is 15.1. The highest BCUT2D eigenvalue weighted by Gasteiger charge is 2.35. The number of fused-ring (bicyclic) bond motifs is 1. The summed E-state index contributed by atoms with van der Waals surface area (Å²) in [7, 11) is 0. The van der Waals surface area contributed by atoms with E-state index in [0.717, 1.165) is 35.1 Å². The number of esters is 1. The van der Waals surface area contributed by atoms with Crippen molar-refractivity contribution < 1.29 is 14.3 Å². The molecule has 1 aliphatic heterocycles. The first kappa shape index (κ1) is 34.6. The van der Waals surface area contributed by atoms with Crippen LogP contribution in [0.2, 0.25) is 5.02 Å². The fourth-order valence-electron chi connectivity index (χ4n) is 5.51. The molecule has 0 spiro atoms. The van der Waals surface area contributed by atoms with Crippen LogP contribution in [0.4, 0.5) is 0 Å². The molecule has 244 valence electrons. The Labute approximate surface area is 315 Å². The Morgan fingerprint density at radius 1 is 1.00 bits per heavy atom. The number of halogens is 3. The molecule has 4 aromatic carbocycles. The maximum atomic E-state index is 14.3. The fourth-order valence-corrected chi connectivity index (χ4v) is 8.76. The number of rotatable bonds is 9. The summed E-state index contributed by atoms with van der Waals surface area (Å²) in [6.07, 6.45) is 1.88. The van der Waals surface area contributed by atoms with Gasteiger partial charge in [0.05, 0.1) is 35.6 Å². The highest BCUT2D eigenvalue weighted by atomic mass is 127. The molecule has 48 heavy (non-hydrogen) atoms. The average Bonchev–Trinajstić information content (AvgIpc) is 3.38. The lowest BCUT2D eigenvalue weighted by molar-refractivity contribution is -0.138. The zero-order chi connectivity index (χ0) is 33.9. The number of carbonyl (C=O) groups excluding carboxylic acids is 1. The van der Waals surface area contributed by atoms with Crippen LogP contribution in [0.3, 0.4) is 0 Å². The average molecular weight is 901 g/mol. The van der Waals surface area contributed by atoms with Crippen molar-refractivity contribution in [2.45, 2.75) is 39.3 Å². The van der Waals surface area contributed by atoms with Gasteiger partial charge in [0.2, 0.25) is 0 Å². The van der Waals surface area contributed by atoms with Gasteiger partial charge in [0.15, 0.2) is 4.80 Å². The van der Waals surface area contributed by atoms with E-state index < -0.39 is 12.0 Å². The monoisotopic (exact) mass is 900 g/mol. The summed E-state index contributed by atoms with van der Waals surface area (Å²) in [5.41, 5.74) is 5.25. The number of hydrogen-bond acceptors (Lipinski definition) is 6. The van der Waals surface area contributed by atoms with Crippen molar-refractivity contribution in [1.82, 2.24) is 4.57 Å². The van der Waals surface area contributed by atoms with Gasteiger partial charge in [0, 0.05) is 10.6 Å². The molecule has 0 saturated carbocycles. The van der Waals surface area contributed by atoms with Gasteiger partial charge in [0.25, 0.3) is 5.56 Å². The number of nitrogens with zero attached hydrogens (tertiary/aromatic N) is 2. The van der Waals surface area contributed by atoms with E-state index in [4.69, 9.17) is 26.1 Å². The number of hydrogen-bond donors (Lipinski definition) is 0. The standard InChI is InChI=1S/C38H31ClI2N2O4S/c1-4-46-37(45)32-33(26-8-6-5-7-9-26)42-38-43(34(32)27-14-12-25(13-15-27)22(2)3)36(44)31(48-38)20-24-18-29(40)35(30(41)19-24)47-21-23-10-16-28(39)17-11-23/h5-20,22,34H,4,21H2,1-3H3/b31-20-/t34-/m1/s1. The minimum atomic E-state index is -0.720. The number of benzene rings is 4. The molecule has 1 aliphatic rings. The first-order valence-corrected chi connectivity index (χ1v) is 18.7. The maximum absolute atomic E-state index is 14.3. The Balaban J connectivity index is 1.48. The van der Waals surface area contributed by atoms with Crippen LogP contribution in [-0.4, -0.2) is 17.1 Å². The van der Waals surface area contributed by atoms with Crippen LogP contribution in [0, 0.1) is 7.14 Å². The summed E-state index contributed by atoms with van der Waals surface area (Å²) in [5, 5.41) is 0.682. The minimum Gasteiger partial charge on any atom is -0.487 e. The van der Waals surface area contributed by atoms with E-state index in [1.807, 2.05) is 84.9 Å². The topological polar surface area (TPSA) is 69.9 Å². The molecule has 0 saturated heterocycles. The van der Waals surface area contributed by atoms with Crippen LogP contribution in [0.1, 0.15) is 60.5 Å². The van der Waals surface area contributed by atoms with Crippen molar-refractivity contribution in [2.75, 3.05) is 6.61 Å². The van der Waals surface area contributed by atoms with Crippen LogP contribution in [0.5, 0.6) is 5.75 Å². The third-order valence-electron chi connectivity index (χ3n) is 7.91. The Kier molecular flexibility index (Phi) is 10.9. The molecule has 2 heterocycles. The molecule has 5 aromatic rings. The highest BCUT2D eigenvalue weighted by Crippen LogP contribution is 2.36. The van der Waals surface area contributed by atoms with Crippen molar-refractivity contribution in [2.24, 2.45) is 4.99 Å². The Hall–Kier alpha value is -3.26. The zero-order valence-electron chi connectivity index (χ0n) is 26.4. The van der Waals surface area contributed by atoms with Crippen molar-refractivity contribution in [1.29, 1.82) is 0 Å². The molecule has 0 unspecified atom stereocenters. The number of aromatic nitrogens is 1. The smallest absolute Gasteiger partial charge is 0.338 e. The molecular formula is C38H31ClI2N2O4S. The molecule has 0 amide bonds. The largest absolute Gasteiger partial charge is 0.487 e. The predicted octanol–water partition coefficient (Wildman–Crippen LogP) is 8.50. The molecule has 0 N–H and O–H groups in total. The van der Waals surface area contributed by atoms with E-state index in [-0.39, 0.29) is 12.2 Å². The van der Waals surface area contributed by atoms with E-state index in [2.05, 4.69) is 71.2 Å². The molecule has 0 fully saturated rings. The summed E-state index contributed by atoms with van der Waals surface area (Å²) in [6.45, 7) is 6.65.